The van der Waals surface area contributed by atoms with Gasteiger partial charge in [0.05, 0.1) is 5.92 Å². The minimum Gasteiger partial charge on any atom is -0.481 e. The molecule has 1 atom stereocenters. The van der Waals surface area contributed by atoms with Crippen molar-refractivity contribution in [2.45, 2.75) is 32.1 Å². The molecule has 2 aliphatic rings. The molecule has 3 heteroatoms. The minimum atomic E-state index is -0.603. The minimum absolute atomic E-state index is 0.135. The number of nitrogens with one attached hydrogen (secondary N) is 1. The van der Waals surface area contributed by atoms with Gasteiger partial charge in [-0.05, 0) is 31.2 Å². The third-order valence-corrected chi connectivity index (χ3v) is 3.78. The molecule has 1 spiro atoms. The Morgan fingerprint density at radius 2 is 2.00 bits per heavy atom. The van der Waals surface area contributed by atoms with E-state index in [-0.39, 0.29) is 11.3 Å². The normalized spacial score (nSPS) is 32.2. The van der Waals surface area contributed by atoms with E-state index in [0.29, 0.717) is 6.54 Å². The number of piperidine rings is 1. The van der Waals surface area contributed by atoms with Crippen LogP contribution in [0.3, 0.4) is 0 Å². The zero-order valence-corrected chi connectivity index (χ0v) is 7.88. The largest absolute Gasteiger partial charge is 0.481 e. The van der Waals surface area contributed by atoms with Crippen molar-refractivity contribution in [3.05, 3.63) is 0 Å². The molecule has 0 aromatic rings. The van der Waals surface area contributed by atoms with Crippen LogP contribution < -0.4 is 5.32 Å². The van der Waals surface area contributed by atoms with Crippen LogP contribution in [0.4, 0.5) is 0 Å². The number of carboxylic acid groups (broad SMARTS) is 1. The predicted octanol–water partition coefficient (Wildman–Crippen LogP) is 1.24. The molecule has 2 rings (SSSR count). The van der Waals surface area contributed by atoms with Crippen molar-refractivity contribution in [2.75, 3.05) is 13.1 Å². The van der Waals surface area contributed by atoms with Crippen molar-refractivity contribution in [1.29, 1.82) is 0 Å². The van der Waals surface area contributed by atoms with Crippen LogP contribution in [0.2, 0.25) is 0 Å². The summed E-state index contributed by atoms with van der Waals surface area (Å²) < 4.78 is 0. The average Bonchev–Trinajstić information content (AvgIpc) is 2.54. The first-order chi connectivity index (χ1) is 6.25. The van der Waals surface area contributed by atoms with Crippen molar-refractivity contribution in [3.63, 3.8) is 0 Å². The predicted molar refractivity (Wildman–Crippen MR) is 49.5 cm³/mol. The van der Waals surface area contributed by atoms with Crippen LogP contribution in [0.1, 0.15) is 32.1 Å². The lowest BCUT2D eigenvalue weighted by atomic mass is 9.69. The molecule has 1 saturated heterocycles. The number of carbonyl (C=O) groups is 1. The topological polar surface area (TPSA) is 49.3 Å². The van der Waals surface area contributed by atoms with Gasteiger partial charge in [0.15, 0.2) is 0 Å². The lowest BCUT2D eigenvalue weighted by molar-refractivity contribution is -0.147. The van der Waals surface area contributed by atoms with E-state index in [1.807, 2.05) is 0 Å². The molecule has 13 heavy (non-hydrogen) atoms. The maximum absolute atomic E-state index is 11.1. The summed E-state index contributed by atoms with van der Waals surface area (Å²) in [5.74, 6) is -0.738. The summed E-state index contributed by atoms with van der Waals surface area (Å²) in [4.78, 5) is 11.1. The molecule has 0 amide bonds. The standard InChI is InChI=1S/C10H17NO2/c12-9(13)8-7-11-6-5-10(8)3-1-2-4-10/h8,11H,1-7H2,(H,12,13). The van der Waals surface area contributed by atoms with E-state index in [2.05, 4.69) is 5.32 Å². The maximum atomic E-state index is 11.1. The highest BCUT2D eigenvalue weighted by Gasteiger charge is 2.46. The second-order valence-electron chi connectivity index (χ2n) is 4.41. The molecule has 2 N–H and O–H groups in total. The van der Waals surface area contributed by atoms with Gasteiger partial charge in [-0.2, -0.15) is 0 Å². The third-order valence-electron chi connectivity index (χ3n) is 3.78. The molecular formula is C10H17NO2. The first kappa shape index (κ1) is 9.00. The molecule has 0 aromatic heterocycles. The Bertz CT molecular complexity index is 209. The van der Waals surface area contributed by atoms with Gasteiger partial charge >= 0.3 is 5.97 Å². The zero-order chi connectivity index (χ0) is 9.31. The molecule has 0 aromatic carbocycles. The summed E-state index contributed by atoms with van der Waals surface area (Å²) in [6, 6.07) is 0. The third kappa shape index (κ3) is 1.46. The molecule has 1 saturated carbocycles. The van der Waals surface area contributed by atoms with Crippen molar-refractivity contribution in [3.8, 4) is 0 Å². The molecule has 2 fully saturated rings. The molecule has 1 aliphatic heterocycles. The zero-order valence-electron chi connectivity index (χ0n) is 7.88. The Labute approximate surface area is 78.5 Å². The molecule has 74 valence electrons. The van der Waals surface area contributed by atoms with Gasteiger partial charge in [0, 0.05) is 6.54 Å². The van der Waals surface area contributed by atoms with Crippen molar-refractivity contribution in [1.82, 2.24) is 5.32 Å². The summed E-state index contributed by atoms with van der Waals surface area (Å²) in [5.41, 5.74) is 0.150. The van der Waals surface area contributed by atoms with E-state index in [1.54, 1.807) is 0 Å². The van der Waals surface area contributed by atoms with E-state index < -0.39 is 5.97 Å². The molecule has 0 bridgehead atoms. The quantitative estimate of drug-likeness (QED) is 0.643. The highest BCUT2D eigenvalue weighted by molar-refractivity contribution is 5.71. The van der Waals surface area contributed by atoms with Gasteiger partial charge in [-0.3, -0.25) is 4.79 Å². The second kappa shape index (κ2) is 3.29. The number of hydrogen-bond acceptors (Lipinski definition) is 2. The van der Waals surface area contributed by atoms with E-state index in [1.165, 1.54) is 12.8 Å². The van der Waals surface area contributed by atoms with Crippen LogP contribution in [0.5, 0.6) is 0 Å². The van der Waals surface area contributed by atoms with Gasteiger partial charge in [-0.25, -0.2) is 0 Å². The molecule has 0 radical (unpaired) electrons. The Kier molecular flexibility index (Phi) is 2.28. The van der Waals surface area contributed by atoms with Crippen molar-refractivity contribution < 1.29 is 9.90 Å². The first-order valence-corrected chi connectivity index (χ1v) is 5.18. The average molecular weight is 183 g/mol. The van der Waals surface area contributed by atoms with E-state index in [4.69, 9.17) is 5.11 Å². The van der Waals surface area contributed by atoms with Crippen LogP contribution in [0.15, 0.2) is 0 Å². The number of carboxylic acids is 1. The molecular weight excluding hydrogens is 166 g/mol. The van der Waals surface area contributed by atoms with Crippen molar-refractivity contribution >= 4 is 5.97 Å². The Balaban J connectivity index is 2.16. The van der Waals surface area contributed by atoms with Gasteiger partial charge < -0.3 is 10.4 Å². The maximum Gasteiger partial charge on any atom is 0.308 e. The van der Waals surface area contributed by atoms with Crippen LogP contribution in [0.25, 0.3) is 0 Å². The summed E-state index contributed by atoms with van der Waals surface area (Å²) >= 11 is 0. The van der Waals surface area contributed by atoms with Gasteiger partial charge in [0.25, 0.3) is 0 Å². The molecule has 1 unspecified atom stereocenters. The number of hydrogen-bond donors (Lipinski definition) is 2. The Morgan fingerprint density at radius 3 is 2.62 bits per heavy atom. The summed E-state index contributed by atoms with van der Waals surface area (Å²) in [5, 5.41) is 12.3. The second-order valence-corrected chi connectivity index (χ2v) is 4.41. The Morgan fingerprint density at radius 1 is 1.31 bits per heavy atom. The monoisotopic (exact) mass is 183 g/mol. The summed E-state index contributed by atoms with van der Waals surface area (Å²) in [7, 11) is 0. The fourth-order valence-electron chi connectivity index (χ4n) is 3.00. The van der Waals surface area contributed by atoms with E-state index >= 15 is 0 Å². The molecule has 1 aliphatic carbocycles. The fraction of sp³-hybridized carbons (Fsp3) is 0.900. The van der Waals surface area contributed by atoms with Crippen LogP contribution in [-0.2, 0) is 4.79 Å². The first-order valence-electron chi connectivity index (χ1n) is 5.18. The van der Waals surface area contributed by atoms with E-state index in [0.717, 1.165) is 25.8 Å². The van der Waals surface area contributed by atoms with Crippen LogP contribution in [0, 0.1) is 11.3 Å². The summed E-state index contributed by atoms with van der Waals surface area (Å²) in [6.07, 6.45) is 5.77. The lowest BCUT2D eigenvalue weighted by Gasteiger charge is -2.39. The molecule has 3 nitrogen and oxygen atoms in total. The van der Waals surface area contributed by atoms with Gasteiger partial charge in [-0.1, -0.05) is 12.8 Å². The highest BCUT2D eigenvalue weighted by Crippen LogP contribution is 2.48. The smallest absolute Gasteiger partial charge is 0.308 e. The van der Waals surface area contributed by atoms with Gasteiger partial charge in [-0.15, -0.1) is 0 Å². The highest BCUT2D eigenvalue weighted by atomic mass is 16.4. The number of aliphatic carboxylic acids is 1. The van der Waals surface area contributed by atoms with Crippen LogP contribution in [-0.4, -0.2) is 24.2 Å². The van der Waals surface area contributed by atoms with Crippen molar-refractivity contribution in [2.24, 2.45) is 11.3 Å². The van der Waals surface area contributed by atoms with E-state index in [9.17, 15) is 4.79 Å². The SMILES string of the molecule is O=C(O)C1CNCCC12CCCC2. The fourth-order valence-corrected chi connectivity index (χ4v) is 3.00. The molecule has 1 heterocycles. The van der Waals surface area contributed by atoms with Crippen LogP contribution >= 0.6 is 0 Å². The Hall–Kier alpha value is -0.570. The van der Waals surface area contributed by atoms with Gasteiger partial charge in [0.2, 0.25) is 0 Å². The lowest BCUT2D eigenvalue weighted by Crippen LogP contribution is -2.47. The van der Waals surface area contributed by atoms with Gasteiger partial charge in [0.1, 0.15) is 0 Å². The summed E-state index contributed by atoms with van der Waals surface area (Å²) in [6.45, 7) is 1.68. The number of rotatable bonds is 1.